The van der Waals surface area contributed by atoms with Crippen LogP contribution in [0.25, 0.3) is 0 Å². The molecule has 0 radical (unpaired) electrons. The molecule has 0 saturated carbocycles. The molecule has 0 fully saturated rings. The summed E-state index contributed by atoms with van der Waals surface area (Å²) < 4.78 is 0. The van der Waals surface area contributed by atoms with Crippen molar-refractivity contribution in [1.29, 1.82) is 0 Å². The number of benzene rings is 1. The van der Waals surface area contributed by atoms with Crippen molar-refractivity contribution in [2.75, 3.05) is 17.7 Å². The molecule has 2 rings (SSSR count). The molecular weight excluding hydrogens is 248 g/mol. The summed E-state index contributed by atoms with van der Waals surface area (Å²) >= 11 is 6.08. The average molecular weight is 263 g/mol. The summed E-state index contributed by atoms with van der Waals surface area (Å²) in [6, 6.07) is 7.63. The molecule has 0 unspecified atom stereocenters. The van der Waals surface area contributed by atoms with Crippen LogP contribution in [-0.2, 0) is 0 Å². The highest BCUT2D eigenvalue weighted by Crippen LogP contribution is 2.25. The van der Waals surface area contributed by atoms with Gasteiger partial charge < -0.3 is 10.6 Å². The van der Waals surface area contributed by atoms with Gasteiger partial charge in [-0.2, -0.15) is 4.98 Å². The van der Waals surface area contributed by atoms with Crippen LogP contribution < -0.4 is 10.6 Å². The van der Waals surface area contributed by atoms with Crippen molar-refractivity contribution in [2.24, 2.45) is 0 Å². The third kappa shape index (κ3) is 2.71. The Morgan fingerprint density at radius 2 is 1.94 bits per heavy atom. The molecule has 0 saturated heterocycles. The van der Waals surface area contributed by atoms with E-state index in [0.29, 0.717) is 5.95 Å². The van der Waals surface area contributed by atoms with E-state index in [1.165, 1.54) is 0 Å². The number of aromatic nitrogens is 2. The minimum Gasteiger partial charge on any atom is -0.357 e. The van der Waals surface area contributed by atoms with Crippen molar-refractivity contribution in [3.8, 4) is 0 Å². The van der Waals surface area contributed by atoms with E-state index in [1.807, 2.05) is 38.1 Å². The molecule has 18 heavy (non-hydrogen) atoms. The molecule has 4 nitrogen and oxygen atoms in total. The zero-order chi connectivity index (χ0) is 13.1. The molecule has 1 aromatic carbocycles. The fraction of sp³-hybridized carbons (Fsp3) is 0.231. The lowest BCUT2D eigenvalue weighted by Crippen LogP contribution is -2.02. The largest absolute Gasteiger partial charge is 0.357 e. The molecule has 2 N–H and O–H groups in total. The SMILES string of the molecule is CNc1nc(C)cc(Nc2cccc(Cl)c2C)n1. The molecular formula is C13H15ClN4. The smallest absolute Gasteiger partial charge is 0.224 e. The van der Waals surface area contributed by atoms with E-state index < -0.39 is 0 Å². The topological polar surface area (TPSA) is 49.8 Å². The van der Waals surface area contributed by atoms with Gasteiger partial charge in [0.05, 0.1) is 0 Å². The number of anilines is 3. The molecule has 5 heteroatoms. The van der Waals surface area contributed by atoms with Crippen molar-refractivity contribution in [2.45, 2.75) is 13.8 Å². The molecule has 0 amide bonds. The summed E-state index contributed by atoms with van der Waals surface area (Å²) in [4.78, 5) is 8.59. The van der Waals surface area contributed by atoms with Crippen LogP contribution in [0, 0.1) is 13.8 Å². The number of rotatable bonds is 3. The summed E-state index contributed by atoms with van der Waals surface area (Å²) in [5.74, 6) is 1.34. The number of hydrogen-bond donors (Lipinski definition) is 2. The Hall–Kier alpha value is -1.81. The maximum atomic E-state index is 6.08. The van der Waals surface area contributed by atoms with E-state index in [2.05, 4.69) is 20.6 Å². The van der Waals surface area contributed by atoms with Gasteiger partial charge in [0.15, 0.2) is 0 Å². The van der Waals surface area contributed by atoms with Gasteiger partial charge in [-0.3, -0.25) is 0 Å². The maximum absolute atomic E-state index is 6.08. The van der Waals surface area contributed by atoms with Crippen molar-refractivity contribution in [3.05, 3.63) is 40.5 Å². The van der Waals surface area contributed by atoms with E-state index >= 15 is 0 Å². The standard InChI is InChI=1S/C13H15ClN4/c1-8-7-12(18-13(15-3)16-8)17-11-6-4-5-10(14)9(11)2/h4-7H,1-3H3,(H2,15,16,17,18). The van der Waals surface area contributed by atoms with Gasteiger partial charge in [-0.25, -0.2) is 4.98 Å². The predicted octanol–water partition coefficient (Wildman–Crippen LogP) is 3.53. The molecule has 0 aliphatic heterocycles. The average Bonchev–Trinajstić information content (AvgIpc) is 2.34. The van der Waals surface area contributed by atoms with E-state index in [1.54, 1.807) is 7.05 Å². The second-order valence-electron chi connectivity index (χ2n) is 4.01. The Morgan fingerprint density at radius 3 is 2.67 bits per heavy atom. The van der Waals surface area contributed by atoms with Crippen LogP contribution in [0.1, 0.15) is 11.3 Å². The van der Waals surface area contributed by atoms with Gasteiger partial charge in [0.25, 0.3) is 0 Å². The summed E-state index contributed by atoms with van der Waals surface area (Å²) in [6.07, 6.45) is 0. The first-order valence-corrected chi connectivity index (χ1v) is 6.03. The van der Waals surface area contributed by atoms with Crippen LogP contribution in [0.2, 0.25) is 5.02 Å². The van der Waals surface area contributed by atoms with Crippen molar-refractivity contribution in [3.63, 3.8) is 0 Å². The van der Waals surface area contributed by atoms with Crippen LogP contribution >= 0.6 is 11.6 Å². The fourth-order valence-electron chi connectivity index (χ4n) is 1.63. The summed E-state index contributed by atoms with van der Waals surface area (Å²) in [5.41, 5.74) is 2.85. The molecule has 0 aliphatic rings. The Bertz CT molecular complexity index is 569. The zero-order valence-electron chi connectivity index (χ0n) is 10.6. The van der Waals surface area contributed by atoms with Gasteiger partial charge >= 0.3 is 0 Å². The Balaban J connectivity index is 2.34. The predicted molar refractivity (Wildman–Crippen MR) is 75.8 cm³/mol. The fourth-order valence-corrected chi connectivity index (χ4v) is 1.80. The third-order valence-electron chi connectivity index (χ3n) is 2.61. The van der Waals surface area contributed by atoms with Crippen LogP contribution in [0.4, 0.5) is 17.5 Å². The van der Waals surface area contributed by atoms with Crippen LogP contribution in [0.5, 0.6) is 0 Å². The molecule has 0 aliphatic carbocycles. The minimum atomic E-state index is 0.595. The monoisotopic (exact) mass is 262 g/mol. The number of nitrogens with one attached hydrogen (secondary N) is 2. The normalized spacial score (nSPS) is 10.2. The minimum absolute atomic E-state index is 0.595. The van der Waals surface area contributed by atoms with E-state index in [9.17, 15) is 0 Å². The van der Waals surface area contributed by atoms with Crippen molar-refractivity contribution in [1.82, 2.24) is 9.97 Å². The molecule has 1 heterocycles. The van der Waals surface area contributed by atoms with E-state index in [-0.39, 0.29) is 0 Å². The van der Waals surface area contributed by atoms with Gasteiger partial charge in [-0.1, -0.05) is 17.7 Å². The lowest BCUT2D eigenvalue weighted by Gasteiger charge is -2.11. The highest BCUT2D eigenvalue weighted by atomic mass is 35.5. The van der Waals surface area contributed by atoms with Crippen LogP contribution in [0.3, 0.4) is 0 Å². The lowest BCUT2D eigenvalue weighted by atomic mass is 10.2. The Labute approximate surface area is 111 Å². The van der Waals surface area contributed by atoms with Crippen LogP contribution in [-0.4, -0.2) is 17.0 Å². The molecule has 0 atom stereocenters. The number of halogens is 1. The van der Waals surface area contributed by atoms with Gasteiger partial charge in [-0.15, -0.1) is 0 Å². The van der Waals surface area contributed by atoms with Crippen LogP contribution in [0.15, 0.2) is 24.3 Å². The lowest BCUT2D eigenvalue weighted by molar-refractivity contribution is 1.10. The van der Waals surface area contributed by atoms with Crippen molar-refractivity contribution < 1.29 is 0 Å². The molecule has 0 bridgehead atoms. The zero-order valence-corrected chi connectivity index (χ0v) is 11.3. The molecule has 0 spiro atoms. The Morgan fingerprint density at radius 1 is 1.17 bits per heavy atom. The Kier molecular flexibility index (Phi) is 3.67. The number of hydrogen-bond acceptors (Lipinski definition) is 4. The number of aryl methyl sites for hydroxylation is 1. The summed E-state index contributed by atoms with van der Waals surface area (Å²) in [6.45, 7) is 3.90. The first-order chi connectivity index (χ1) is 8.60. The first kappa shape index (κ1) is 12.6. The quantitative estimate of drug-likeness (QED) is 0.888. The van der Waals surface area contributed by atoms with Gasteiger partial charge in [0.1, 0.15) is 5.82 Å². The van der Waals surface area contributed by atoms with E-state index in [4.69, 9.17) is 11.6 Å². The van der Waals surface area contributed by atoms with Crippen molar-refractivity contribution >= 4 is 29.1 Å². The second kappa shape index (κ2) is 5.23. The number of nitrogens with zero attached hydrogens (tertiary/aromatic N) is 2. The maximum Gasteiger partial charge on any atom is 0.224 e. The summed E-state index contributed by atoms with van der Waals surface area (Å²) in [7, 11) is 1.79. The third-order valence-corrected chi connectivity index (χ3v) is 3.02. The van der Waals surface area contributed by atoms with E-state index in [0.717, 1.165) is 27.8 Å². The summed E-state index contributed by atoms with van der Waals surface area (Å²) in [5, 5.41) is 6.92. The van der Waals surface area contributed by atoms with Gasteiger partial charge in [0, 0.05) is 29.5 Å². The second-order valence-corrected chi connectivity index (χ2v) is 4.41. The molecule has 2 aromatic rings. The molecule has 1 aromatic heterocycles. The van der Waals surface area contributed by atoms with Gasteiger partial charge in [-0.05, 0) is 31.5 Å². The molecule has 94 valence electrons. The van der Waals surface area contributed by atoms with Gasteiger partial charge in [0.2, 0.25) is 5.95 Å². The first-order valence-electron chi connectivity index (χ1n) is 5.65. The highest BCUT2D eigenvalue weighted by molar-refractivity contribution is 6.31. The highest BCUT2D eigenvalue weighted by Gasteiger charge is 2.05.